The highest BCUT2D eigenvalue weighted by molar-refractivity contribution is 7.70. The molecule has 1 saturated heterocycles. The minimum absolute atomic E-state index is 0.0275. The second-order valence-electron chi connectivity index (χ2n) is 11.1. The highest BCUT2D eigenvalue weighted by Crippen LogP contribution is 2.58. The van der Waals surface area contributed by atoms with Crippen molar-refractivity contribution in [3.05, 3.63) is 60.2 Å². The molecule has 0 aliphatic carbocycles. The molecule has 7 N–H and O–H groups in total. The Balaban J connectivity index is 1.66. The van der Waals surface area contributed by atoms with E-state index < -0.39 is 64.1 Å². The molecule has 2 aromatic rings. The normalized spacial score (nSPS) is 16.3. The fraction of sp³-hybridized carbons (Fsp3) is 0.500. The van der Waals surface area contributed by atoms with Crippen LogP contribution >= 0.6 is 15.2 Å². The molecule has 1 aromatic carbocycles. The van der Waals surface area contributed by atoms with Crippen molar-refractivity contribution in [1.82, 2.24) is 30.8 Å². The number of carbonyl (C=O) groups is 3. The van der Waals surface area contributed by atoms with E-state index >= 15 is 0 Å². The van der Waals surface area contributed by atoms with Gasteiger partial charge in [-0.3, -0.25) is 33.4 Å². The smallest absolute Gasteiger partial charge is 0.408 e. The van der Waals surface area contributed by atoms with Crippen LogP contribution in [0.3, 0.4) is 0 Å². The van der Waals surface area contributed by atoms with Gasteiger partial charge in [0.1, 0.15) is 11.7 Å². The minimum atomic E-state index is -5.34. The van der Waals surface area contributed by atoms with Gasteiger partial charge in [0.05, 0.1) is 18.7 Å². The molecule has 0 radical (unpaired) electrons. The number of hydrogen-bond acceptors (Lipinski definition) is 10. The van der Waals surface area contributed by atoms with Gasteiger partial charge < -0.3 is 44.8 Å². The average Bonchev–Trinajstić information content (AvgIpc) is 2.96. The molecular weight excluding hydrogens is 645 g/mol. The first-order valence-electron chi connectivity index (χ1n) is 14.4. The van der Waals surface area contributed by atoms with Gasteiger partial charge in [0.25, 0.3) is 5.91 Å². The number of hydrogen-bond donors (Lipinski definition) is 7. The summed E-state index contributed by atoms with van der Waals surface area (Å²) in [7, 11) is -11.6. The molecule has 20 heteroatoms. The lowest BCUT2D eigenvalue weighted by molar-refractivity contribution is -0.124. The number of aromatic nitrogens is 2. The predicted octanol–water partition coefficient (Wildman–Crippen LogP) is -0.520. The summed E-state index contributed by atoms with van der Waals surface area (Å²) in [4.78, 5) is 85.4. The van der Waals surface area contributed by atoms with Gasteiger partial charge in [-0.15, -0.1) is 0 Å². The van der Waals surface area contributed by atoms with E-state index in [-0.39, 0.29) is 44.3 Å². The summed E-state index contributed by atoms with van der Waals surface area (Å²) in [6.07, 6.45) is 4.76. The number of nitrogens with zero attached hydrogens (tertiary/aromatic N) is 3. The fourth-order valence-electron chi connectivity index (χ4n) is 4.64. The van der Waals surface area contributed by atoms with Crippen molar-refractivity contribution in [3.8, 4) is 0 Å². The summed E-state index contributed by atoms with van der Waals surface area (Å²) in [5, 5.41) is 7.44. The van der Waals surface area contributed by atoms with Crippen LogP contribution in [0.5, 0.6) is 0 Å². The van der Waals surface area contributed by atoms with Crippen LogP contribution in [0.2, 0.25) is 0 Å². The number of nitrogens with one attached hydrogen (secondary N) is 3. The van der Waals surface area contributed by atoms with Crippen molar-refractivity contribution >= 4 is 40.0 Å². The molecule has 3 amide bonds. The zero-order valence-electron chi connectivity index (χ0n) is 25.3. The largest absolute Gasteiger partial charge is 0.480 e. The maximum absolute atomic E-state index is 13.7. The Morgan fingerprint density at radius 1 is 0.957 bits per heavy atom. The number of amides is 3. The number of benzene rings is 1. The Bertz CT molecular complexity index is 1370. The van der Waals surface area contributed by atoms with Crippen molar-refractivity contribution in [2.24, 2.45) is 5.92 Å². The van der Waals surface area contributed by atoms with Crippen LogP contribution in [0.25, 0.3) is 0 Å². The molecule has 0 bridgehead atoms. The highest BCUT2D eigenvalue weighted by atomic mass is 31.2. The molecule has 46 heavy (non-hydrogen) atoms. The van der Waals surface area contributed by atoms with Crippen LogP contribution in [0, 0.1) is 5.92 Å². The first-order valence-corrected chi connectivity index (χ1v) is 17.8. The van der Waals surface area contributed by atoms with Gasteiger partial charge in [-0.05, 0) is 17.9 Å². The third-order valence-electron chi connectivity index (χ3n) is 6.76. The quantitative estimate of drug-likeness (QED) is 0.0978. The second-order valence-corrected chi connectivity index (χ2v) is 14.9. The summed E-state index contributed by atoms with van der Waals surface area (Å²) in [6.45, 7) is 3.87. The summed E-state index contributed by atoms with van der Waals surface area (Å²) >= 11 is 0. The van der Waals surface area contributed by atoms with Crippen molar-refractivity contribution in [3.63, 3.8) is 0 Å². The van der Waals surface area contributed by atoms with Gasteiger partial charge in [-0.2, -0.15) is 0 Å². The molecule has 0 unspecified atom stereocenters. The maximum Gasteiger partial charge on any atom is 0.480 e. The summed E-state index contributed by atoms with van der Waals surface area (Å²) in [6, 6.07) is 8.20. The second kappa shape index (κ2) is 17.2. The van der Waals surface area contributed by atoms with Crippen molar-refractivity contribution in [1.29, 1.82) is 0 Å². The predicted molar refractivity (Wildman–Crippen MR) is 165 cm³/mol. The monoisotopic (exact) mass is 684 g/mol. The Kier molecular flexibility index (Phi) is 14.0. The highest BCUT2D eigenvalue weighted by Gasteiger charge is 2.44. The van der Waals surface area contributed by atoms with E-state index in [1.54, 1.807) is 5.32 Å². The molecule has 1 aliphatic rings. The van der Waals surface area contributed by atoms with Crippen LogP contribution < -0.4 is 16.0 Å². The van der Waals surface area contributed by atoms with Crippen molar-refractivity contribution < 1.29 is 52.4 Å². The Morgan fingerprint density at radius 3 is 2.13 bits per heavy atom. The molecule has 17 nitrogen and oxygen atoms in total. The van der Waals surface area contributed by atoms with Gasteiger partial charge in [0.2, 0.25) is 17.3 Å². The first kappa shape index (κ1) is 37.4. The van der Waals surface area contributed by atoms with Crippen LogP contribution in [-0.2, 0) is 34.4 Å². The Hall–Kier alpha value is -3.05. The summed E-state index contributed by atoms with van der Waals surface area (Å²) in [5.74, 6) is -2.56. The number of rotatable bonds is 14. The zero-order valence-corrected chi connectivity index (χ0v) is 27.1. The van der Waals surface area contributed by atoms with Crippen molar-refractivity contribution in [2.75, 3.05) is 32.8 Å². The summed E-state index contributed by atoms with van der Waals surface area (Å²) in [5.41, 5.74) is -1.79. The van der Waals surface area contributed by atoms with Gasteiger partial charge in [-0.1, -0.05) is 44.2 Å². The standard InChI is InChI=1S/C26H39BN6O11P2/c1-18(2)14-22(27-43-12-10-33(11-13-44-27)17-23(34)32-26(45(37,38)39)46(40,41)42)31-24(35)20(15-19-6-4-3-5-7-19)30-25(36)21-16-28-8-9-29-21/h3-9,16,18,20,22,26H,10-15,17H2,1-2H3,(H,30,36)(H,31,35)(H,32,34)(H2,37,38,39)(H2,40,41,42)/t20-,22-/m0/s1. The SMILES string of the molecule is CC(C)C[C@H](NC(=O)[C@H](Cc1ccccc1)NC(=O)c1cnccn1)B1OCCN(CC(=O)NC(P(=O)(O)O)P(=O)(O)O)CCO1. The van der Waals surface area contributed by atoms with Gasteiger partial charge in [0.15, 0.2) is 0 Å². The topological polar surface area (TPSA) is 250 Å². The molecule has 0 saturated carbocycles. The first-order chi connectivity index (χ1) is 21.6. The van der Waals surface area contributed by atoms with Crippen LogP contribution in [0.15, 0.2) is 48.9 Å². The minimum Gasteiger partial charge on any atom is -0.408 e. The van der Waals surface area contributed by atoms with Gasteiger partial charge in [-0.25, -0.2) is 4.98 Å². The lowest BCUT2D eigenvalue weighted by Gasteiger charge is -2.32. The molecule has 1 fully saturated rings. The van der Waals surface area contributed by atoms with E-state index in [0.717, 1.165) is 5.56 Å². The van der Waals surface area contributed by atoms with E-state index in [9.17, 15) is 43.1 Å². The summed E-state index contributed by atoms with van der Waals surface area (Å²) < 4.78 is 34.8. The van der Waals surface area contributed by atoms with Gasteiger partial charge >= 0.3 is 22.3 Å². The van der Waals surface area contributed by atoms with Crippen LogP contribution in [-0.4, -0.2) is 110 Å². The molecule has 1 aliphatic heterocycles. The Morgan fingerprint density at radius 2 is 1.59 bits per heavy atom. The van der Waals surface area contributed by atoms with E-state index in [4.69, 9.17) is 9.31 Å². The lowest BCUT2D eigenvalue weighted by Crippen LogP contribution is -2.57. The molecule has 0 spiro atoms. The van der Waals surface area contributed by atoms with Crippen LogP contribution in [0.1, 0.15) is 36.3 Å². The molecule has 1 aromatic heterocycles. The molecule has 3 rings (SSSR count). The third-order valence-corrected chi connectivity index (χ3v) is 10.1. The van der Waals surface area contributed by atoms with Crippen molar-refractivity contribution in [2.45, 2.75) is 44.2 Å². The van der Waals surface area contributed by atoms with Crippen LogP contribution in [0.4, 0.5) is 0 Å². The van der Waals surface area contributed by atoms with E-state index in [1.165, 1.54) is 23.5 Å². The molecule has 2 atom stereocenters. The van der Waals surface area contributed by atoms with E-state index in [2.05, 4.69) is 20.6 Å². The van der Waals surface area contributed by atoms with E-state index in [0.29, 0.717) is 6.42 Å². The third kappa shape index (κ3) is 12.3. The maximum atomic E-state index is 13.7. The Labute approximate surface area is 266 Å². The fourth-order valence-corrected chi connectivity index (χ4v) is 6.83. The molecule has 252 valence electrons. The average molecular weight is 684 g/mol. The lowest BCUT2D eigenvalue weighted by atomic mass is 9.73. The van der Waals surface area contributed by atoms with E-state index in [1.807, 2.05) is 44.2 Å². The molecular formula is C26H39BN6O11P2. The molecule has 2 heterocycles. The van der Waals surface area contributed by atoms with Gasteiger partial charge in [0, 0.05) is 45.1 Å². The zero-order chi connectivity index (χ0) is 33.9. The number of carbonyl (C=O) groups excluding carboxylic acids is 3.